The van der Waals surface area contributed by atoms with E-state index in [4.69, 9.17) is 29.7 Å². The molecule has 0 aliphatic carbocycles. The molecule has 0 fully saturated rings. The minimum atomic E-state index is -0.833. The SMILES string of the molecule is CC(=O)O.CC(=O)O.CC(=O)O.[B]. The number of carboxylic acids is 3. The van der Waals surface area contributed by atoms with Crippen molar-refractivity contribution in [3.05, 3.63) is 0 Å². The molecule has 0 amide bonds. The Bertz CT molecular complexity index is 115. The first-order valence-corrected chi connectivity index (χ1v) is 2.78. The third-order valence-electron chi connectivity index (χ3n) is 0. The number of hydrogen-bond acceptors (Lipinski definition) is 3. The van der Waals surface area contributed by atoms with Crippen molar-refractivity contribution in [2.75, 3.05) is 0 Å². The fraction of sp³-hybridized carbons (Fsp3) is 0.500. The highest BCUT2D eigenvalue weighted by Crippen LogP contribution is 1.42. The molecule has 0 aliphatic heterocycles. The van der Waals surface area contributed by atoms with E-state index in [1.165, 1.54) is 0 Å². The average molecular weight is 191 g/mol. The monoisotopic (exact) mass is 191 g/mol. The van der Waals surface area contributed by atoms with Gasteiger partial charge in [0.25, 0.3) is 17.9 Å². The van der Waals surface area contributed by atoms with Crippen LogP contribution in [-0.4, -0.2) is 41.6 Å². The summed E-state index contributed by atoms with van der Waals surface area (Å²) in [5.41, 5.74) is 0. The van der Waals surface area contributed by atoms with E-state index in [1.54, 1.807) is 0 Å². The molecule has 3 radical (unpaired) electrons. The highest BCUT2D eigenvalue weighted by molar-refractivity contribution is 5.75. The standard InChI is InChI=1S/3C2H4O2.B/c3*1-2(3)4;/h3*1H3,(H,3,4);. The summed E-state index contributed by atoms with van der Waals surface area (Å²) in [6, 6.07) is 0. The van der Waals surface area contributed by atoms with Crippen LogP contribution < -0.4 is 0 Å². The van der Waals surface area contributed by atoms with E-state index in [9.17, 15) is 0 Å². The molecule has 0 heterocycles. The van der Waals surface area contributed by atoms with Crippen molar-refractivity contribution in [2.24, 2.45) is 0 Å². The Labute approximate surface area is 77.8 Å². The summed E-state index contributed by atoms with van der Waals surface area (Å²) < 4.78 is 0. The van der Waals surface area contributed by atoms with Crippen molar-refractivity contribution in [1.82, 2.24) is 0 Å². The van der Waals surface area contributed by atoms with Crippen LogP contribution >= 0.6 is 0 Å². The Balaban J connectivity index is -0.0000000450. The second-order valence-electron chi connectivity index (χ2n) is 1.56. The van der Waals surface area contributed by atoms with Crippen molar-refractivity contribution in [3.63, 3.8) is 0 Å². The van der Waals surface area contributed by atoms with Crippen LogP contribution in [0.5, 0.6) is 0 Å². The molecule has 3 N–H and O–H groups in total. The van der Waals surface area contributed by atoms with Crippen LogP contribution in [0.1, 0.15) is 20.8 Å². The molecule has 0 saturated carbocycles. The summed E-state index contributed by atoms with van der Waals surface area (Å²) in [6.07, 6.45) is 0. The molecule has 0 atom stereocenters. The lowest BCUT2D eigenvalue weighted by Crippen LogP contribution is -1.78. The van der Waals surface area contributed by atoms with Gasteiger partial charge in [-0.2, -0.15) is 0 Å². The van der Waals surface area contributed by atoms with Gasteiger partial charge in [-0.05, 0) is 0 Å². The maximum absolute atomic E-state index is 9.00. The van der Waals surface area contributed by atoms with Gasteiger partial charge in [-0.15, -0.1) is 0 Å². The number of hydrogen-bond donors (Lipinski definition) is 3. The van der Waals surface area contributed by atoms with Gasteiger partial charge in [-0.3, -0.25) is 14.4 Å². The van der Waals surface area contributed by atoms with E-state index >= 15 is 0 Å². The molecular formula is C6H12BO6. The van der Waals surface area contributed by atoms with Gasteiger partial charge in [0.1, 0.15) is 0 Å². The van der Waals surface area contributed by atoms with Crippen LogP contribution in [-0.2, 0) is 14.4 Å². The van der Waals surface area contributed by atoms with Crippen molar-refractivity contribution in [2.45, 2.75) is 20.8 Å². The van der Waals surface area contributed by atoms with Crippen molar-refractivity contribution in [1.29, 1.82) is 0 Å². The molecule has 0 aliphatic rings. The number of rotatable bonds is 0. The Morgan fingerprint density at radius 3 is 0.692 bits per heavy atom. The molecule has 0 bridgehead atoms. The molecule has 0 rings (SSSR count). The van der Waals surface area contributed by atoms with E-state index in [0.29, 0.717) is 0 Å². The summed E-state index contributed by atoms with van der Waals surface area (Å²) in [6.45, 7) is 3.25. The van der Waals surface area contributed by atoms with Crippen LogP contribution in [0.2, 0.25) is 0 Å². The van der Waals surface area contributed by atoms with Crippen LogP contribution in [0.25, 0.3) is 0 Å². The molecule has 6 nitrogen and oxygen atoms in total. The summed E-state index contributed by atoms with van der Waals surface area (Å²) in [5, 5.41) is 22.2. The second-order valence-corrected chi connectivity index (χ2v) is 1.56. The van der Waals surface area contributed by atoms with Gasteiger partial charge in [0.15, 0.2) is 0 Å². The third kappa shape index (κ3) is 323. The van der Waals surface area contributed by atoms with E-state index in [1.807, 2.05) is 0 Å². The molecule has 0 aromatic carbocycles. The highest BCUT2D eigenvalue weighted by atomic mass is 16.4. The molecule has 0 aromatic heterocycles. The molecule has 13 heavy (non-hydrogen) atoms. The molecule has 0 aromatic rings. The normalized spacial score (nSPS) is 5.77. The minimum absolute atomic E-state index is 0. The van der Waals surface area contributed by atoms with E-state index in [2.05, 4.69) is 0 Å². The zero-order valence-electron chi connectivity index (χ0n) is 7.64. The fourth-order valence-electron chi connectivity index (χ4n) is 0. The lowest BCUT2D eigenvalue weighted by molar-refractivity contribution is -0.135. The van der Waals surface area contributed by atoms with Crippen molar-refractivity contribution >= 4 is 26.3 Å². The molecule has 0 saturated heterocycles. The van der Waals surface area contributed by atoms with Gasteiger partial charge in [-0.1, -0.05) is 0 Å². The maximum atomic E-state index is 9.00. The van der Waals surface area contributed by atoms with E-state index in [-0.39, 0.29) is 8.41 Å². The predicted octanol–water partition coefficient (Wildman–Crippen LogP) is -0.108. The third-order valence-corrected chi connectivity index (χ3v) is 0. The Morgan fingerprint density at radius 2 is 0.692 bits per heavy atom. The fourth-order valence-corrected chi connectivity index (χ4v) is 0. The van der Waals surface area contributed by atoms with Crippen LogP contribution in [0.15, 0.2) is 0 Å². The first-order valence-electron chi connectivity index (χ1n) is 2.78. The molecule has 75 valence electrons. The molecule has 0 spiro atoms. The number of aliphatic carboxylic acids is 3. The van der Waals surface area contributed by atoms with Gasteiger partial charge in [0.2, 0.25) is 0 Å². The Hall–Kier alpha value is -1.53. The molecule has 7 heteroatoms. The average Bonchev–Trinajstić information content (AvgIpc) is 1.54. The Morgan fingerprint density at radius 1 is 0.692 bits per heavy atom. The first-order chi connectivity index (χ1) is 5.20. The van der Waals surface area contributed by atoms with Gasteiger partial charge >= 0.3 is 0 Å². The minimum Gasteiger partial charge on any atom is -0.481 e. The summed E-state index contributed by atoms with van der Waals surface area (Å²) in [4.78, 5) is 27.0. The van der Waals surface area contributed by atoms with Crippen LogP contribution in [0, 0.1) is 0 Å². The smallest absolute Gasteiger partial charge is 0.300 e. The first kappa shape index (κ1) is 22.5. The summed E-state index contributed by atoms with van der Waals surface area (Å²) in [7, 11) is 0. The lowest BCUT2D eigenvalue weighted by Gasteiger charge is -1.59. The quantitative estimate of drug-likeness (QED) is 0.460. The van der Waals surface area contributed by atoms with Gasteiger partial charge < -0.3 is 15.3 Å². The van der Waals surface area contributed by atoms with Gasteiger partial charge in [-0.25, -0.2) is 0 Å². The van der Waals surface area contributed by atoms with E-state index < -0.39 is 17.9 Å². The maximum Gasteiger partial charge on any atom is 0.300 e. The summed E-state index contributed by atoms with van der Waals surface area (Å²) in [5.74, 6) is -2.50. The zero-order chi connectivity index (χ0) is 10.7. The van der Waals surface area contributed by atoms with Crippen LogP contribution in [0.3, 0.4) is 0 Å². The van der Waals surface area contributed by atoms with Crippen LogP contribution in [0.4, 0.5) is 0 Å². The highest BCUT2D eigenvalue weighted by Gasteiger charge is 1.66. The topological polar surface area (TPSA) is 112 Å². The largest absolute Gasteiger partial charge is 0.481 e. The predicted molar refractivity (Wildman–Crippen MR) is 45.7 cm³/mol. The van der Waals surface area contributed by atoms with E-state index in [0.717, 1.165) is 20.8 Å². The lowest BCUT2D eigenvalue weighted by atomic mass is 10.8. The van der Waals surface area contributed by atoms with Crippen molar-refractivity contribution < 1.29 is 29.7 Å². The summed E-state index contributed by atoms with van der Waals surface area (Å²) >= 11 is 0. The number of carbonyl (C=O) groups is 3. The number of carboxylic acid groups (broad SMARTS) is 3. The molecule has 0 unspecified atom stereocenters. The van der Waals surface area contributed by atoms with Gasteiger partial charge in [0, 0.05) is 29.2 Å². The molecular weight excluding hydrogens is 179 g/mol. The Kier molecular flexibility index (Phi) is 29.2. The zero-order valence-corrected chi connectivity index (χ0v) is 7.64. The second kappa shape index (κ2) is 16.8. The van der Waals surface area contributed by atoms with Gasteiger partial charge in [0.05, 0.1) is 0 Å². The van der Waals surface area contributed by atoms with Crippen molar-refractivity contribution in [3.8, 4) is 0 Å².